The lowest BCUT2D eigenvalue weighted by molar-refractivity contribution is -0.120. The molecule has 0 aliphatic rings. The molecular formula is C18H19N3O2. The van der Waals surface area contributed by atoms with Gasteiger partial charge in [0.1, 0.15) is 0 Å². The first kappa shape index (κ1) is 15.1. The summed E-state index contributed by atoms with van der Waals surface area (Å²) in [5.74, 6) is -0.00436. The number of fused-ring (bicyclic) bond motifs is 1. The van der Waals surface area contributed by atoms with E-state index in [0.29, 0.717) is 13.0 Å². The highest BCUT2D eigenvalue weighted by atomic mass is 16.1. The molecule has 0 spiro atoms. The van der Waals surface area contributed by atoms with Crippen molar-refractivity contribution in [2.45, 2.75) is 19.3 Å². The molecule has 1 aromatic heterocycles. The van der Waals surface area contributed by atoms with Crippen LogP contribution in [0.5, 0.6) is 0 Å². The van der Waals surface area contributed by atoms with Crippen LogP contribution in [-0.4, -0.2) is 22.4 Å². The fourth-order valence-corrected chi connectivity index (χ4v) is 2.60. The minimum Gasteiger partial charge on any atom is -0.356 e. The molecule has 0 radical (unpaired) electrons. The lowest BCUT2D eigenvalue weighted by Gasteiger charge is -2.06. The Balaban J connectivity index is 1.47. The monoisotopic (exact) mass is 309 g/mol. The first-order valence-electron chi connectivity index (χ1n) is 7.72. The van der Waals surface area contributed by atoms with E-state index in [4.69, 9.17) is 0 Å². The van der Waals surface area contributed by atoms with Crippen LogP contribution >= 0.6 is 0 Å². The van der Waals surface area contributed by atoms with Gasteiger partial charge in [0.2, 0.25) is 5.91 Å². The number of nitrogens with one attached hydrogen (secondary N) is 3. The van der Waals surface area contributed by atoms with Crippen molar-refractivity contribution in [3.05, 3.63) is 70.1 Å². The van der Waals surface area contributed by atoms with E-state index in [9.17, 15) is 9.59 Å². The van der Waals surface area contributed by atoms with Crippen molar-refractivity contribution in [1.82, 2.24) is 15.3 Å². The number of hydrogen-bond acceptors (Lipinski definition) is 2. The van der Waals surface area contributed by atoms with Gasteiger partial charge < -0.3 is 15.3 Å². The molecule has 0 atom stereocenters. The number of hydrogen-bond donors (Lipinski definition) is 3. The zero-order valence-electron chi connectivity index (χ0n) is 12.8. The van der Waals surface area contributed by atoms with Crippen LogP contribution in [0.25, 0.3) is 11.0 Å². The van der Waals surface area contributed by atoms with Crippen molar-refractivity contribution in [2.24, 2.45) is 0 Å². The highest BCUT2D eigenvalue weighted by Crippen LogP contribution is 2.10. The maximum Gasteiger partial charge on any atom is 0.323 e. The van der Waals surface area contributed by atoms with E-state index < -0.39 is 0 Å². The molecule has 0 aliphatic carbocycles. The number of carbonyl (C=O) groups excluding carboxylic acids is 1. The summed E-state index contributed by atoms with van der Waals surface area (Å²) in [6.07, 6.45) is 2.19. The van der Waals surface area contributed by atoms with E-state index >= 15 is 0 Å². The number of amides is 1. The minimum atomic E-state index is -0.234. The summed E-state index contributed by atoms with van der Waals surface area (Å²) in [6, 6.07) is 15.7. The standard InChI is InChI=1S/C18H19N3O2/c22-17(19-10-4-7-13-5-2-1-3-6-13)12-14-8-9-15-16(11-14)21-18(23)20-15/h1-3,5-6,8-9,11H,4,7,10,12H2,(H,19,22)(H2,20,21,23). The molecule has 3 N–H and O–H groups in total. The molecule has 118 valence electrons. The zero-order valence-corrected chi connectivity index (χ0v) is 12.8. The number of aromatic nitrogens is 2. The van der Waals surface area contributed by atoms with Gasteiger partial charge in [-0.05, 0) is 36.1 Å². The number of H-pyrrole nitrogens is 2. The maximum atomic E-state index is 12.0. The van der Waals surface area contributed by atoms with Crippen molar-refractivity contribution >= 4 is 16.9 Å². The Bertz CT molecular complexity index is 849. The summed E-state index contributed by atoms with van der Waals surface area (Å²) in [6.45, 7) is 0.664. The molecule has 0 saturated carbocycles. The van der Waals surface area contributed by atoms with Crippen LogP contribution in [0.2, 0.25) is 0 Å². The Hall–Kier alpha value is -2.82. The second-order valence-corrected chi connectivity index (χ2v) is 5.57. The number of carbonyl (C=O) groups is 1. The van der Waals surface area contributed by atoms with E-state index in [1.54, 1.807) is 0 Å². The molecule has 0 aliphatic heterocycles. The topological polar surface area (TPSA) is 77.8 Å². The van der Waals surface area contributed by atoms with Gasteiger partial charge in [0.25, 0.3) is 0 Å². The van der Waals surface area contributed by atoms with Gasteiger partial charge in [0.15, 0.2) is 0 Å². The summed E-state index contributed by atoms with van der Waals surface area (Å²) in [5, 5.41) is 2.94. The van der Waals surface area contributed by atoms with Gasteiger partial charge in [0.05, 0.1) is 17.5 Å². The number of rotatable bonds is 6. The van der Waals surface area contributed by atoms with Gasteiger partial charge in [-0.3, -0.25) is 4.79 Å². The quantitative estimate of drug-likeness (QED) is 0.610. The van der Waals surface area contributed by atoms with Gasteiger partial charge in [-0.25, -0.2) is 4.79 Å². The minimum absolute atomic E-state index is 0.00436. The summed E-state index contributed by atoms with van der Waals surface area (Å²) in [4.78, 5) is 28.6. The molecule has 1 amide bonds. The predicted molar refractivity (Wildman–Crippen MR) is 90.4 cm³/mol. The second kappa shape index (κ2) is 6.96. The smallest absolute Gasteiger partial charge is 0.323 e. The van der Waals surface area contributed by atoms with Crippen LogP contribution in [0.1, 0.15) is 17.5 Å². The zero-order chi connectivity index (χ0) is 16.1. The lowest BCUT2D eigenvalue weighted by Crippen LogP contribution is -2.26. The molecular weight excluding hydrogens is 290 g/mol. The molecule has 2 aromatic carbocycles. The number of aromatic amines is 2. The molecule has 23 heavy (non-hydrogen) atoms. The third kappa shape index (κ3) is 4.10. The summed E-state index contributed by atoms with van der Waals surface area (Å²) >= 11 is 0. The summed E-state index contributed by atoms with van der Waals surface area (Å²) in [5.41, 5.74) is 3.41. The van der Waals surface area contributed by atoms with Crippen molar-refractivity contribution in [3.63, 3.8) is 0 Å². The number of benzene rings is 2. The first-order chi connectivity index (χ1) is 11.2. The normalized spacial score (nSPS) is 10.8. The third-order valence-corrected chi connectivity index (χ3v) is 3.75. The highest BCUT2D eigenvalue weighted by molar-refractivity contribution is 5.81. The van der Waals surface area contributed by atoms with Crippen molar-refractivity contribution in [3.8, 4) is 0 Å². The summed E-state index contributed by atoms with van der Waals surface area (Å²) < 4.78 is 0. The SMILES string of the molecule is O=C(Cc1ccc2[nH]c(=O)[nH]c2c1)NCCCc1ccccc1. The number of imidazole rings is 1. The van der Waals surface area contributed by atoms with Gasteiger partial charge in [-0.15, -0.1) is 0 Å². The molecule has 0 unspecified atom stereocenters. The highest BCUT2D eigenvalue weighted by Gasteiger charge is 2.05. The van der Waals surface area contributed by atoms with Crippen LogP contribution in [0.15, 0.2) is 53.3 Å². The van der Waals surface area contributed by atoms with Crippen LogP contribution in [0.3, 0.4) is 0 Å². The fraction of sp³-hybridized carbons (Fsp3) is 0.222. The molecule has 3 rings (SSSR count). The molecule has 3 aromatic rings. The molecule has 0 bridgehead atoms. The first-order valence-corrected chi connectivity index (χ1v) is 7.72. The Morgan fingerprint density at radius 3 is 2.57 bits per heavy atom. The average Bonchev–Trinajstić information content (AvgIpc) is 2.92. The Kier molecular flexibility index (Phi) is 4.57. The summed E-state index contributed by atoms with van der Waals surface area (Å²) in [7, 11) is 0. The third-order valence-electron chi connectivity index (χ3n) is 3.75. The molecule has 0 fully saturated rings. The predicted octanol–water partition coefficient (Wildman–Crippen LogP) is 2.15. The van der Waals surface area contributed by atoms with Gasteiger partial charge in [-0.1, -0.05) is 36.4 Å². The van der Waals surface area contributed by atoms with Crippen molar-refractivity contribution in [2.75, 3.05) is 6.54 Å². The van der Waals surface area contributed by atoms with Crippen LogP contribution in [0, 0.1) is 0 Å². The van der Waals surface area contributed by atoms with Crippen LogP contribution < -0.4 is 11.0 Å². The van der Waals surface area contributed by atoms with Gasteiger partial charge in [-0.2, -0.15) is 0 Å². The van der Waals surface area contributed by atoms with E-state index in [1.807, 2.05) is 36.4 Å². The largest absolute Gasteiger partial charge is 0.356 e. The van der Waals surface area contributed by atoms with Crippen LogP contribution in [0.4, 0.5) is 0 Å². The average molecular weight is 309 g/mol. The van der Waals surface area contributed by atoms with Crippen molar-refractivity contribution in [1.29, 1.82) is 0 Å². The van der Waals surface area contributed by atoms with Gasteiger partial charge in [0, 0.05) is 6.54 Å². The molecule has 5 nitrogen and oxygen atoms in total. The molecule has 1 heterocycles. The van der Waals surface area contributed by atoms with Crippen molar-refractivity contribution < 1.29 is 4.79 Å². The Morgan fingerprint density at radius 2 is 1.74 bits per heavy atom. The molecule has 0 saturated heterocycles. The Morgan fingerprint density at radius 1 is 0.957 bits per heavy atom. The van der Waals surface area contributed by atoms with E-state index in [2.05, 4.69) is 27.4 Å². The lowest BCUT2D eigenvalue weighted by atomic mass is 10.1. The van der Waals surface area contributed by atoms with E-state index in [1.165, 1.54) is 5.56 Å². The fourth-order valence-electron chi connectivity index (χ4n) is 2.60. The number of aryl methyl sites for hydroxylation is 1. The van der Waals surface area contributed by atoms with E-state index in [0.717, 1.165) is 29.4 Å². The second-order valence-electron chi connectivity index (χ2n) is 5.57. The Labute approximate surface area is 133 Å². The maximum absolute atomic E-state index is 12.0. The van der Waals surface area contributed by atoms with Crippen LogP contribution in [-0.2, 0) is 17.6 Å². The molecule has 5 heteroatoms. The van der Waals surface area contributed by atoms with E-state index in [-0.39, 0.29) is 11.6 Å². The van der Waals surface area contributed by atoms with Gasteiger partial charge >= 0.3 is 5.69 Å².